The molecule has 0 amide bonds. The first-order valence-electron chi connectivity index (χ1n) is 7.87. The smallest absolute Gasteiger partial charge is 0.189 e. The predicted octanol–water partition coefficient (Wildman–Crippen LogP) is 3.17. The Morgan fingerprint density at radius 2 is 1.95 bits per heavy atom. The fourth-order valence-corrected chi connectivity index (χ4v) is 3.84. The highest BCUT2D eigenvalue weighted by atomic mass is 16.7. The highest BCUT2D eigenvalue weighted by molar-refractivity contribution is 5.15. The lowest BCUT2D eigenvalue weighted by molar-refractivity contribution is -0.672. The molecule has 0 bridgehead atoms. The molecule has 2 unspecified atom stereocenters. The minimum absolute atomic E-state index is 0.132. The molecule has 3 heteroatoms. The molecule has 1 aliphatic carbocycles. The minimum Gasteiger partial charge on any atom is -0.347 e. The molecule has 1 aromatic rings. The Morgan fingerprint density at radius 1 is 1.24 bits per heavy atom. The maximum Gasteiger partial charge on any atom is 0.189 e. The molecule has 114 valence electrons. The number of rotatable bonds is 1. The molecule has 1 aromatic heterocycles. The van der Waals surface area contributed by atoms with Crippen molar-refractivity contribution in [2.75, 3.05) is 13.2 Å². The molecule has 3 nitrogen and oxygen atoms in total. The van der Waals surface area contributed by atoms with Gasteiger partial charge in [-0.2, -0.15) is 0 Å². The minimum atomic E-state index is -0.227. The summed E-state index contributed by atoms with van der Waals surface area (Å²) in [6.07, 6.45) is 7.42. The standard InChI is InChI=1S/C18H26NO2/c1-13-8-14(2)18(15(3)9-13)11-20-17(21-12-18)16-6-5-7-19(4)10-16/h5-8,10,14-15,17H,9,11-12H2,1-4H3/q+1. The third kappa shape index (κ3) is 2.65. The van der Waals surface area contributed by atoms with E-state index in [4.69, 9.17) is 9.47 Å². The quantitative estimate of drug-likeness (QED) is 0.585. The van der Waals surface area contributed by atoms with Crippen molar-refractivity contribution in [2.24, 2.45) is 24.3 Å². The molecule has 0 aromatic carbocycles. The van der Waals surface area contributed by atoms with Gasteiger partial charge in [0.05, 0.1) is 18.8 Å². The molecule has 2 heterocycles. The van der Waals surface area contributed by atoms with Gasteiger partial charge in [-0.15, -0.1) is 0 Å². The van der Waals surface area contributed by atoms with Crippen molar-refractivity contribution in [1.29, 1.82) is 0 Å². The number of aryl methyl sites for hydroxylation is 1. The average Bonchev–Trinajstić information content (AvgIpc) is 2.45. The number of pyridine rings is 1. The van der Waals surface area contributed by atoms with Crippen molar-refractivity contribution >= 4 is 0 Å². The zero-order valence-corrected chi connectivity index (χ0v) is 13.5. The normalized spacial score (nSPS) is 36.6. The van der Waals surface area contributed by atoms with Crippen LogP contribution in [0.1, 0.15) is 39.0 Å². The summed E-state index contributed by atoms with van der Waals surface area (Å²) in [5.74, 6) is 1.11. The second kappa shape index (κ2) is 5.54. The monoisotopic (exact) mass is 288 g/mol. The van der Waals surface area contributed by atoms with E-state index in [2.05, 4.69) is 39.1 Å². The average molecular weight is 288 g/mol. The van der Waals surface area contributed by atoms with Gasteiger partial charge in [-0.3, -0.25) is 0 Å². The van der Waals surface area contributed by atoms with Crippen molar-refractivity contribution in [3.8, 4) is 0 Å². The molecule has 0 N–H and O–H groups in total. The summed E-state index contributed by atoms with van der Waals surface area (Å²) in [6, 6.07) is 4.10. The zero-order chi connectivity index (χ0) is 15.0. The van der Waals surface area contributed by atoms with E-state index in [9.17, 15) is 0 Å². The fourth-order valence-electron chi connectivity index (χ4n) is 3.84. The van der Waals surface area contributed by atoms with Gasteiger partial charge in [-0.05, 0) is 31.2 Å². The van der Waals surface area contributed by atoms with Gasteiger partial charge in [-0.25, -0.2) is 4.57 Å². The van der Waals surface area contributed by atoms with E-state index in [0.717, 1.165) is 25.2 Å². The van der Waals surface area contributed by atoms with Gasteiger partial charge in [-0.1, -0.05) is 25.5 Å². The van der Waals surface area contributed by atoms with Crippen LogP contribution in [0.5, 0.6) is 0 Å². The van der Waals surface area contributed by atoms with Crippen LogP contribution in [0.3, 0.4) is 0 Å². The van der Waals surface area contributed by atoms with E-state index in [0.29, 0.717) is 11.8 Å². The lowest BCUT2D eigenvalue weighted by Gasteiger charge is -2.49. The number of aromatic nitrogens is 1. The van der Waals surface area contributed by atoms with E-state index in [-0.39, 0.29) is 11.7 Å². The largest absolute Gasteiger partial charge is 0.347 e. The molecular weight excluding hydrogens is 262 g/mol. The van der Waals surface area contributed by atoms with Crippen LogP contribution in [-0.4, -0.2) is 13.2 Å². The first kappa shape index (κ1) is 14.7. The van der Waals surface area contributed by atoms with E-state index in [1.807, 2.05) is 23.9 Å². The van der Waals surface area contributed by atoms with Gasteiger partial charge in [0.25, 0.3) is 0 Å². The van der Waals surface area contributed by atoms with Crippen molar-refractivity contribution in [1.82, 2.24) is 0 Å². The Balaban J connectivity index is 1.75. The number of hydrogen-bond donors (Lipinski definition) is 0. The van der Waals surface area contributed by atoms with Crippen LogP contribution in [0.15, 0.2) is 36.2 Å². The maximum absolute atomic E-state index is 6.12. The van der Waals surface area contributed by atoms with Crippen molar-refractivity contribution < 1.29 is 14.0 Å². The highest BCUT2D eigenvalue weighted by Crippen LogP contribution is 2.48. The summed E-state index contributed by atoms with van der Waals surface area (Å²) in [5.41, 5.74) is 2.72. The third-order valence-corrected chi connectivity index (χ3v) is 5.29. The molecule has 21 heavy (non-hydrogen) atoms. The predicted molar refractivity (Wildman–Crippen MR) is 81.4 cm³/mol. The summed E-state index contributed by atoms with van der Waals surface area (Å²) in [6.45, 7) is 8.43. The lowest BCUT2D eigenvalue weighted by Crippen LogP contribution is -2.49. The first-order chi connectivity index (χ1) is 10.0. The molecular formula is C18H26NO2+. The van der Waals surface area contributed by atoms with Crippen LogP contribution in [0.25, 0.3) is 0 Å². The van der Waals surface area contributed by atoms with Crippen LogP contribution in [0.4, 0.5) is 0 Å². The van der Waals surface area contributed by atoms with Crippen LogP contribution in [0.2, 0.25) is 0 Å². The molecule has 1 aliphatic heterocycles. The SMILES string of the molecule is CC1=CC(C)C2(COC(c3ccc[n+](C)c3)OC2)C(C)C1. The second-order valence-corrected chi connectivity index (χ2v) is 6.90. The van der Waals surface area contributed by atoms with Gasteiger partial charge < -0.3 is 9.47 Å². The third-order valence-electron chi connectivity index (χ3n) is 5.29. The van der Waals surface area contributed by atoms with Gasteiger partial charge in [0.2, 0.25) is 0 Å². The van der Waals surface area contributed by atoms with E-state index < -0.39 is 0 Å². The molecule has 1 fully saturated rings. The van der Waals surface area contributed by atoms with Crippen LogP contribution >= 0.6 is 0 Å². The topological polar surface area (TPSA) is 22.3 Å². The maximum atomic E-state index is 6.12. The summed E-state index contributed by atoms with van der Waals surface area (Å²) in [4.78, 5) is 0. The number of hydrogen-bond acceptors (Lipinski definition) is 2. The summed E-state index contributed by atoms with van der Waals surface area (Å²) >= 11 is 0. The van der Waals surface area contributed by atoms with Gasteiger partial charge >= 0.3 is 0 Å². The van der Waals surface area contributed by atoms with Gasteiger partial charge in [0.1, 0.15) is 7.05 Å². The second-order valence-electron chi connectivity index (χ2n) is 6.90. The van der Waals surface area contributed by atoms with E-state index in [1.165, 1.54) is 5.57 Å². The Bertz CT molecular complexity index is 544. The first-order valence-corrected chi connectivity index (χ1v) is 7.87. The van der Waals surface area contributed by atoms with Crippen molar-refractivity contribution in [2.45, 2.75) is 33.5 Å². The summed E-state index contributed by atoms with van der Waals surface area (Å²) in [7, 11) is 2.02. The van der Waals surface area contributed by atoms with E-state index in [1.54, 1.807) is 0 Å². The highest BCUT2D eigenvalue weighted by Gasteiger charge is 2.47. The molecule has 3 rings (SSSR count). The molecule has 0 saturated carbocycles. The van der Waals surface area contributed by atoms with Crippen molar-refractivity contribution in [3.05, 3.63) is 41.7 Å². The van der Waals surface area contributed by atoms with E-state index >= 15 is 0 Å². The molecule has 2 aliphatic rings. The van der Waals surface area contributed by atoms with Gasteiger partial charge in [0.15, 0.2) is 18.7 Å². The van der Waals surface area contributed by atoms with Crippen LogP contribution < -0.4 is 4.57 Å². The van der Waals surface area contributed by atoms with Crippen LogP contribution in [-0.2, 0) is 16.5 Å². The molecule has 2 atom stereocenters. The fraction of sp³-hybridized carbons (Fsp3) is 0.611. The molecule has 0 radical (unpaired) electrons. The molecule has 1 spiro atoms. The summed E-state index contributed by atoms with van der Waals surface area (Å²) < 4.78 is 14.3. The number of ether oxygens (including phenoxy) is 2. The number of nitrogens with zero attached hydrogens (tertiary/aromatic N) is 1. The Hall–Kier alpha value is -1.19. The Labute approximate surface area is 127 Å². The number of allylic oxidation sites excluding steroid dienone is 2. The van der Waals surface area contributed by atoms with Crippen LogP contribution in [0, 0.1) is 17.3 Å². The zero-order valence-electron chi connectivity index (χ0n) is 13.5. The Morgan fingerprint density at radius 3 is 2.57 bits per heavy atom. The van der Waals surface area contributed by atoms with Gasteiger partial charge in [0, 0.05) is 11.5 Å². The van der Waals surface area contributed by atoms with Crippen molar-refractivity contribution in [3.63, 3.8) is 0 Å². The summed E-state index contributed by atoms with van der Waals surface area (Å²) in [5, 5.41) is 0. The molecule has 1 saturated heterocycles. The Kier molecular flexibility index (Phi) is 3.89. The lowest BCUT2D eigenvalue weighted by atomic mass is 9.63.